The largest absolute Gasteiger partial charge is 0.508 e. The van der Waals surface area contributed by atoms with Crippen LogP contribution in [0.5, 0.6) is 5.75 Å². The van der Waals surface area contributed by atoms with Gasteiger partial charge in [0.25, 0.3) is 10.0 Å². The summed E-state index contributed by atoms with van der Waals surface area (Å²) >= 11 is 1.13. The molecule has 96 valence electrons. The van der Waals surface area contributed by atoms with E-state index in [0.717, 1.165) is 16.9 Å². The van der Waals surface area contributed by atoms with Gasteiger partial charge in [0.1, 0.15) is 5.75 Å². The van der Waals surface area contributed by atoms with Crippen LogP contribution in [0.3, 0.4) is 0 Å². The van der Waals surface area contributed by atoms with Crippen molar-refractivity contribution in [3.05, 3.63) is 41.0 Å². The molecule has 0 saturated carbocycles. The SMILES string of the molecule is Cc1ncc(S(=O)(=O)NCc2ccc(O)cc2)s1. The molecular weight excluding hydrogens is 272 g/mol. The van der Waals surface area contributed by atoms with Crippen LogP contribution in [0.25, 0.3) is 0 Å². The van der Waals surface area contributed by atoms with Crippen molar-refractivity contribution in [1.29, 1.82) is 0 Å². The number of nitrogens with one attached hydrogen (secondary N) is 1. The lowest BCUT2D eigenvalue weighted by atomic mass is 10.2. The maximum atomic E-state index is 11.9. The van der Waals surface area contributed by atoms with Gasteiger partial charge in [0.2, 0.25) is 0 Å². The molecule has 7 heteroatoms. The van der Waals surface area contributed by atoms with E-state index < -0.39 is 10.0 Å². The molecule has 0 aliphatic rings. The second kappa shape index (κ2) is 5.05. The first-order valence-corrected chi connectivity index (χ1v) is 7.47. The first-order chi connectivity index (χ1) is 8.47. The highest BCUT2D eigenvalue weighted by molar-refractivity contribution is 7.91. The van der Waals surface area contributed by atoms with Gasteiger partial charge in [-0.3, -0.25) is 0 Å². The lowest BCUT2D eigenvalue weighted by Crippen LogP contribution is -2.22. The molecule has 0 radical (unpaired) electrons. The van der Waals surface area contributed by atoms with E-state index in [4.69, 9.17) is 5.11 Å². The Morgan fingerprint density at radius 3 is 2.56 bits per heavy atom. The third kappa shape index (κ3) is 3.06. The summed E-state index contributed by atoms with van der Waals surface area (Å²) in [7, 11) is -3.50. The number of thiazole rings is 1. The molecule has 2 aromatic rings. The second-order valence-electron chi connectivity index (χ2n) is 3.69. The molecule has 0 bridgehead atoms. The van der Waals surface area contributed by atoms with Crippen molar-refractivity contribution in [3.63, 3.8) is 0 Å². The first kappa shape index (κ1) is 13.0. The van der Waals surface area contributed by atoms with E-state index in [1.54, 1.807) is 19.1 Å². The van der Waals surface area contributed by atoms with E-state index in [1.165, 1.54) is 18.3 Å². The van der Waals surface area contributed by atoms with Crippen molar-refractivity contribution in [3.8, 4) is 5.75 Å². The molecule has 2 N–H and O–H groups in total. The Labute approximate surface area is 109 Å². The Hall–Kier alpha value is -1.44. The summed E-state index contributed by atoms with van der Waals surface area (Å²) in [5, 5.41) is 9.83. The van der Waals surface area contributed by atoms with Crippen LogP contribution in [-0.2, 0) is 16.6 Å². The van der Waals surface area contributed by atoms with Gasteiger partial charge in [-0.15, -0.1) is 11.3 Å². The summed E-state index contributed by atoms with van der Waals surface area (Å²) in [6.07, 6.45) is 1.35. The van der Waals surface area contributed by atoms with Crippen LogP contribution >= 0.6 is 11.3 Å². The molecule has 0 atom stereocenters. The third-order valence-electron chi connectivity index (χ3n) is 2.27. The number of phenolic OH excluding ortho intramolecular Hbond substituents is 1. The van der Waals surface area contributed by atoms with E-state index in [-0.39, 0.29) is 16.5 Å². The van der Waals surface area contributed by atoms with Gasteiger partial charge in [-0.2, -0.15) is 0 Å². The molecule has 18 heavy (non-hydrogen) atoms. The third-order valence-corrected chi connectivity index (χ3v) is 5.04. The fourth-order valence-electron chi connectivity index (χ4n) is 1.33. The highest BCUT2D eigenvalue weighted by Crippen LogP contribution is 2.18. The highest BCUT2D eigenvalue weighted by atomic mass is 32.2. The van der Waals surface area contributed by atoms with Crippen LogP contribution < -0.4 is 4.72 Å². The topological polar surface area (TPSA) is 79.3 Å². The molecule has 0 aliphatic carbocycles. The van der Waals surface area contributed by atoms with Gasteiger partial charge in [0.15, 0.2) is 4.21 Å². The predicted molar refractivity (Wildman–Crippen MR) is 69.0 cm³/mol. The number of aryl methyl sites for hydroxylation is 1. The molecule has 0 amide bonds. The molecule has 0 fully saturated rings. The van der Waals surface area contributed by atoms with E-state index in [0.29, 0.717) is 5.01 Å². The highest BCUT2D eigenvalue weighted by Gasteiger charge is 2.16. The number of nitrogens with zero attached hydrogens (tertiary/aromatic N) is 1. The summed E-state index contributed by atoms with van der Waals surface area (Å²) in [4.78, 5) is 3.92. The van der Waals surface area contributed by atoms with Crippen LogP contribution in [0.2, 0.25) is 0 Å². The smallest absolute Gasteiger partial charge is 0.251 e. The van der Waals surface area contributed by atoms with Crippen LogP contribution in [0, 0.1) is 6.92 Å². The standard InChI is InChI=1S/C11H12N2O3S2/c1-8-12-7-11(17-8)18(15,16)13-6-9-2-4-10(14)5-3-9/h2-5,7,13-14H,6H2,1H3. The molecule has 1 heterocycles. The molecule has 5 nitrogen and oxygen atoms in total. The van der Waals surface area contributed by atoms with Gasteiger partial charge in [-0.1, -0.05) is 12.1 Å². The summed E-state index contributed by atoms with van der Waals surface area (Å²) in [6, 6.07) is 6.35. The Bertz CT molecular complexity index is 633. The van der Waals surface area contributed by atoms with E-state index in [9.17, 15) is 8.42 Å². The molecule has 1 aromatic heterocycles. The van der Waals surface area contributed by atoms with Crippen molar-refractivity contribution < 1.29 is 13.5 Å². The Balaban J connectivity index is 2.08. The number of hydrogen-bond donors (Lipinski definition) is 2. The quantitative estimate of drug-likeness (QED) is 0.894. The summed E-state index contributed by atoms with van der Waals surface area (Å²) in [6.45, 7) is 1.93. The number of phenols is 1. The van der Waals surface area contributed by atoms with Crippen molar-refractivity contribution in [2.45, 2.75) is 17.7 Å². The minimum Gasteiger partial charge on any atom is -0.508 e. The molecular formula is C11H12N2O3S2. The van der Waals surface area contributed by atoms with Crippen LogP contribution in [0.1, 0.15) is 10.6 Å². The fourth-order valence-corrected chi connectivity index (χ4v) is 3.50. The van der Waals surface area contributed by atoms with Crippen LogP contribution in [0.4, 0.5) is 0 Å². The lowest BCUT2D eigenvalue weighted by Gasteiger charge is -2.04. The summed E-state index contributed by atoms with van der Waals surface area (Å²) < 4.78 is 26.5. The number of hydrogen-bond acceptors (Lipinski definition) is 5. The van der Waals surface area contributed by atoms with Gasteiger partial charge in [0.05, 0.1) is 11.2 Å². The Kier molecular flexibility index (Phi) is 3.65. The minimum absolute atomic E-state index is 0.152. The van der Waals surface area contributed by atoms with Crippen molar-refractivity contribution in [1.82, 2.24) is 9.71 Å². The predicted octanol–water partition coefficient (Wildman–Crippen LogP) is 1.64. The Morgan fingerprint density at radius 1 is 1.33 bits per heavy atom. The maximum Gasteiger partial charge on any atom is 0.251 e. The first-order valence-electron chi connectivity index (χ1n) is 5.17. The monoisotopic (exact) mass is 284 g/mol. The molecule has 1 aromatic carbocycles. The van der Waals surface area contributed by atoms with E-state index >= 15 is 0 Å². The molecule has 0 aliphatic heterocycles. The average Bonchev–Trinajstić information content (AvgIpc) is 2.76. The van der Waals surface area contributed by atoms with Crippen molar-refractivity contribution in [2.24, 2.45) is 0 Å². The molecule has 0 spiro atoms. The average molecular weight is 284 g/mol. The number of benzene rings is 1. The molecule has 0 saturated heterocycles. The number of aromatic nitrogens is 1. The molecule has 0 unspecified atom stereocenters. The minimum atomic E-state index is -3.50. The van der Waals surface area contributed by atoms with Crippen LogP contribution in [-0.4, -0.2) is 18.5 Å². The lowest BCUT2D eigenvalue weighted by molar-refractivity contribution is 0.475. The van der Waals surface area contributed by atoms with E-state index in [1.807, 2.05) is 0 Å². The summed E-state index contributed by atoms with van der Waals surface area (Å²) in [5.41, 5.74) is 0.776. The maximum absolute atomic E-state index is 11.9. The van der Waals surface area contributed by atoms with Gasteiger partial charge in [-0.25, -0.2) is 18.1 Å². The second-order valence-corrected chi connectivity index (χ2v) is 6.92. The van der Waals surface area contributed by atoms with Crippen molar-refractivity contribution >= 4 is 21.4 Å². The normalized spacial score (nSPS) is 11.6. The van der Waals surface area contributed by atoms with Gasteiger partial charge in [-0.05, 0) is 24.6 Å². The number of sulfonamides is 1. The van der Waals surface area contributed by atoms with Crippen LogP contribution in [0.15, 0.2) is 34.7 Å². The fraction of sp³-hybridized carbons (Fsp3) is 0.182. The van der Waals surface area contributed by atoms with Gasteiger partial charge < -0.3 is 5.11 Å². The van der Waals surface area contributed by atoms with Gasteiger partial charge in [0, 0.05) is 6.54 Å². The zero-order chi connectivity index (χ0) is 13.2. The Morgan fingerprint density at radius 2 is 2.00 bits per heavy atom. The van der Waals surface area contributed by atoms with Gasteiger partial charge >= 0.3 is 0 Å². The zero-order valence-electron chi connectivity index (χ0n) is 9.62. The number of aromatic hydroxyl groups is 1. The molecule has 2 rings (SSSR count). The summed E-state index contributed by atoms with van der Waals surface area (Å²) in [5.74, 6) is 0.152. The zero-order valence-corrected chi connectivity index (χ0v) is 11.3. The number of rotatable bonds is 4. The van der Waals surface area contributed by atoms with Crippen molar-refractivity contribution in [2.75, 3.05) is 0 Å². The van der Waals surface area contributed by atoms with E-state index in [2.05, 4.69) is 9.71 Å².